The van der Waals surface area contributed by atoms with Crippen molar-refractivity contribution < 1.29 is 9.18 Å². The Balaban J connectivity index is 1.47. The molecule has 0 saturated carbocycles. The smallest absolute Gasteiger partial charge is 0.253 e. The highest BCUT2D eigenvalue weighted by molar-refractivity contribution is 5.97. The molecule has 3 heterocycles. The average Bonchev–Trinajstić information content (AvgIpc) is 3.33. The third kappa shape index (κ3) is 5.28. The van der Waals surface area contributed by atoms with Crippen LogP contribution in [0.25, 0.3) is 11.8 Å². The lowest BCUT2D eigenvalue weighted by Crippen LogP contribution is -2.52. The lowest BCUT2D eigenvalue weighted by molar-refractivity contribution is 0.0688. The molecule has 2 aliphatic rings. The van der Waals surface area contributed by atoms with E-state index in [1.165, 1.54) is 17.8 Å². The topological polar surface area (TPSA) is 53.7 Å². The minimum absolute atomic E-state index is 0.0737. The molecule has 198 valence electrons. The summed E-state index contributed by atoms with van der Waals surface area (Å²) in [6.07, 6.45) is 6.04. The van der Waals surface area contributed by atoms with Gasteiger partial charge in [-0.1, -0.05) is 57.5 Å². The largest absolute Gasteiger partial charge is 0.356 e. The van der Waals surface area contributed by atoms with E-state index < -0.39 is 0 Å². The summed E-state index contributed by atoms with van der Waals surface area (Å²) < 4.78 is 16.2. The zero-order chi connectivity index (χ0) is 26.6. The van der Waals surface area contributed by atoms with E-state index in [-0.39, 0.29) is 23.6 Å². The number of benzene rings is 2. The summed E-state index contributed by atoms with van der Waals surface area (Å²) >= 11 is 0. The maximum atomic E-state index is 14.0. The number of unbranched alkanes of at least 4 members (excludes halogenated alkanes) is 1. The first kappa shape index (κ1) is 25.9. The second kappa shape index (κ2) is 11.3. The van der Waals surface area contributed by atoms with Crippen LogP contribution in [-0.4, -0.2) is 57.5 Å². The molecular weight excluding hydrogens is 477 g/mol. The first-order chi connectivity index (χ1) is 18.5. The molecule has 1 aromatic heterocycles. The van der Waals surface area contributed by atoms with Gasteiger partial charge in [-0.3, -0.25) is 9.48 Å². The zero-order valence-electron chi connectivity index (χ0n) is 22.5. The van der Waals surface area contributed by atoms with E-state index in [9.17, 15) is 9.18 Å². The number of piperazine rings is 1. The monoisotopic (exact) mass is 513 g/mol. The quantitative estimate of drug-likeness (QED) is 0.425. The van der Waals surface area contributed by atoms with Gasteiger partial charge in [-0.15, -0.1) is 0 Å². The van der Waals surface area contributed by atoms with Crippen molar-refractivity contribution in [1.82, 2.24) is 19.6 Å². The molecule has 2 atom stereocenters. The van der Waals surface area contributed by atoms with Crippen LogP contribution in [0.5, 0.6) is 0 Å². The minimum Gasteiger partial charge on any atom is -0.356 e. The molecule has 0 bridgehead atoms. The molecule has 1 fully saturated rings. The molecule has 2 aliphatic heterocycles. The molecule has 6 nitrogen and oxygen atoms in total. The number of aliphatic imine (C=N–C) groups is 1. The van der Waals surface area contributed by atoms with Crippen molar-refractivity contribution in [1.29, 1.82) is 0 Å². The number of hydrogen-bond donors (Lipinski definition) is 0. The summed E-state index contributed by atoms with van der Waals surface area (Å²) in [5.74, 6) is 1.18. The van der Waals surface area contributed by atoms with E-state index >= 15 is 0 Å². The number of halogens is 1. The van der Waals surface area contributed by atoms with Gasteiger partial charge >= 0.3 is 0 Å². The second-order valence-corrected chi connectivity index (χ2v) is 10.3. The number of hydrogen-bond acceptors (Lipinski definition) is 4. The van der Waals surface area contributed by atoms with Crippen molar-refractivity contribution in [3.8, 4) is 0 Å². The normalized spacial score (nSPS) is 20.7. The molecule has 0 aliphatic carbocycles. The molecule has 0 radical (unpaired) electrons. The van der Waals surface area contributed by atoms with Gasteiger partial charge in [0.1, 0.15) is 11.7 Å². The maximum Gasteiger partial charge on any atom is 0.253 e. The Kier molecular flexibility index (Phi) is 7.72. The van der Waals surface area contributed by atoms with Gasteiger partial charge in [0.05, 0.1) is 17.6 Å². The standard InChI is InChI=1S/C31H36FN5O/c1-4-5-14-37-29-22(2)23(3)30(34-28(27(29)21-33-37)20-24-10-9-13-26(32)19-24)35-15-17-36(18-16-35)31(38)25-11-7-6-8-12-25/h6-13,19-23H,4-5,14-18H2,1-3H3/b28-20+. The van der Waals surface area contributed by atoms with Crippen molar-refractivity contribution in [2.45, 2.75) is 46.1 Å². The zero-order valence-corrected chi connectivity index (χ0v) is 22.5. The van der Waals surface area contributed by atoms with Crippen LogP contribution in [-0.2, 0) is 6.54 Å². The van der Waals surface area contributed by atoms with Gasteiger partial charge < -0.3 is 9.80 Å². The molecule has 5 rings (SSSR count). The number of fused-ring (bicyclic) bond motifs is 1. The predicted octanol–water partition coefficient (Wildman–Crippen LogP) is 5.93. The number of aromatic nitrogens is 2. The molecule has 2 unspecified atom stereocenters. The van der Waals surface area contributed by atoms with Crippen LogP contribution in [0.4, 0.5) is 4.39 Å². The Hall–Kier alpha value is -3.74. The van der Waals surface area contributed by atoms with Crippen LogP contribution in [0, 0.1) is 11.7 Å². The fourth-order valence-corrected chi connectivity index (χ4v) is 5.43. The van der Waals surface area contributed by atoms with Crippen LogP contribution in [0.2, 0.25) is 0 Å². The number of aryl methyl sites for hydroxylation is 1. The summed E-state index contributed by atoms with van der Waals surface area (Å²) in [6.45, 7) is 10.3. The van der Waals surface area contributed by atoms with Crippen LogP contribution in [0.15, 0.2) is 65.8 Å². The molecule has 0 spiro atoms. The number of amides is 1. The highest BCUT2D eigenvalue weighted by Gasteiger charge is 2.34. The van der Waals surface area contributed by atoms with E-state index in [4.69, 9.17) is 10.1 Å². The van der Waals surface area contributed by atoms with Gasteiger partial charge in [0.15, 0.2) is 0 Å². The Morgan fingerprint density at radius 1 is 1.03 bits per heavy atom. The van der Waals surface area contributed by atoms with E-state index in [1.807, 2.05) is 53.6 Å². The van der Waals surface area contributed by atoms with Gasteiger partial charge in [-0.25, -0.2) is 9.38 Å². The summed E-state index contributed by atoms with van der Waals surface area (Å²) in [5.41, 5.74) is 4.50. The summed E-state index contributed by atoms with van der Waals surface area (Å²) in [5, 5.41) is 4.74. The molecule has 3 aromatic rings. The number of carbonyl (C=O) groups excluding carboxylic acids is 1. The van der Waals surface area contributed by atoms with Crippen molar-refractivity contribution in [3.05, 3.63) is 89.0 Å². The molecule has 2 aromatic carbocycles. The SMILES string of the molecule is CCCCn1ncc2c1C(C)C(C)C(N1CCN(C(=O)c3ccccc3)CC1)=N/C2=C/c1cccc(F)c1. The van der Waals surface area contributed by atoms with Crippen LogP contribution in [0.1, 0.15) is 66.7 Å². The first-order valence-corrected chi connectivity index (χ1v) is 13.7. The van der Waals surface area contributed by atoms with E-state index in [0.29, 0.717) is 13.1 Å². The number of amidine groups is 1. The van der Waals surface area contributed by atoms with E-state index in [0.717, 1.165) is 60.7 Å². The highest BCUT2D eigenvalue weighted by Crippen LogP contribution is 2.38. The van der Waals surface area contributed by atoms with Crippen LogP contribution < -0.4 is 0 Å². The van der Waals surface area contributed by atoms with Crippen molar-refractivity contribution >= 4 is 23.5 Å². The predicted molar refractivity (Wildman–Crippen MR) is 150 cm³/mol. The number of rotatable bonds is 5. The van der Waals surface area contributed by atoms with Crippen molar-refractivity contribution in [2.75, 3.05) is 26.2 Å². The third-order valence-corrected chi connectivity index (χ3v) is 7.77. The van der Waals surface area contributed by atoms with Gasteiger partial charge in [0, 0.05) is 55.7 Å². The summed E-state index contributed by atoms with van der Waals surface area (Å²) in [6, 6.07) is 16.1. The molecule has 1 saturated heterocycles. The molecular formula is C31H36FN5O. The Bertz CT molecular complexity index is 1340. The third-order valence-electron chi connectivity index (χ3n) is 7.77. The van der Waals surface area contributed by atoms with Crippen LogP contribution >= 0.6 is 0 Å². The van der Waals surface area contributed by atoms with Gasteiger partial charge in [-0.05, 0) is 42.3 Å². The molecule has 38 heavy (non-hydrogen) atoms. The van der Waals surface area contributed by atoms with Gasteiger partial charge in [0.2, 0.25) is 0 Å². The Morgan fingerprint density at radius 2 is 1.79 bits per heavy atom. The number of carbonyl (C=O) groups is 1. The lowest BCUT2D eigenvalue weighted by atomic mass is 9.89. The summed E-state index contributed by atoms with van der Waals surface area (Å²) in [4.78, 5) is 22.5. The number of nitrogens with zero attached hydrogens (tertiary/aromatic N) is 5. The highest BCUT2D eigenvalue weighted by atomic mass is 19.1. The van der Waals surface area contributed by atoms with Gasteiger partial charge in [0.25, 0.3) is 5.91 Å². The molecule has 0 N–H and O–H groups in total. The van der Waals surface area contributed by atoms with Crippen molar-refractivity contribution in [3.63, 3.8) is 0 Å². The molecule has 1 amide bonds. The van der Waals surface area contributed by atoms with E-state index in [2.05, 4.69) is 30.4 Å². The lowest BCUT2D eigenvalue weighted by Gasteiger charge is -2.38. The Morgan fingerprint density at radius 3 is 2.50 bits per heavy atom. The second-order valence-electron chi connectivity index (χ2n) is 10.3. The fraction of sp³-hybridized carbons (Fsp3) is 0.387. The Labute approximate surface area is 224 Å². The maximum absolute atomic E-state index is 14.0. The van der Waals surface area contributed by atoms with E-state index in [1.54, 1.807) is 6.07 Å². The fourth-order valence-electron chi connectivity index (χ4n) is 5.43. The first-order valence-electron chi connectivity index (χ1n) is 13.7. The summed E-state index contributed by atoms with van der Waals surface area (Å²) in [7, 11) is 0. The van der Waals surface area contributed by atoms with Gasteiger partial charge in [-0.2, -0.15) is 5.10 Å². The minimum atomic E-state index is -0.267. The van der Waals surface area contributed by atoms with Crippen molar-refractivity contribution in [2.24, 2.45) is 10.9 Å². The molecule has 7 heteroatoms. The average molecular weight is 514 g/mol. The van der Waals surface area contributed by atoms with Crippen LogP contribution in [0.3, 0.4) is 0 Å².